The summed E-state index contributed by atoms with van der Waals surface area (Å²) in [5.41, 5.74) is 7.51. The van der Waals surface area contributed by atoms with E-state index in [1.807, 2.05) is 0 Å². The second-order valence-electron chi connectivity index (χ2n) is 4.63. The Balaban J connectivity index is 1.67. The van der Waals surface area contributed by atoms with Crippen LogP contribution in [0.4, 0.5) is 0 Å². The zero-order valence-corrected chi connectivity index (χ0v) is 11.0. The highest BCUT2D eigenvalue weighted by molar-refractivity contribution is 7.17. The Morgan fingerprint density at radius 3 is 2.89 bits per heavy atom. The molecule has 3 rings (SSSR count). The van der Waals surface area contributed by atoms with E-state index in [2.05, 4.69) is 29.6 Å². The van der Waals surface area contributed by atoms with Gasteiger partial charge < -0.3 is 15.2 Å². The van der Waals surface area contributed by atoms with Crippen molar-refractivity contribution in [1.82, 2.24) is 0 Å². The Kier molecular flexibility index (Phi) is 3.61. The molecule has 0 amide bonds. The van der Waals surface area contributed by atoms with Crippen molar-refractivity contribution in [1.29, 1.82) is 0 Å². The minimum absolute atomic E-state index is 0.0890. The lowest BCUT2D eigenvalue weighted by molar-refractivity contribution is -0.0504. The van der Waals surface area contributed by atoms with Crippen LogP contribution < -0.4 is 5.73 Å². The van der Waals surface area contributed by atoms with Crippen LogP contribution in [0.1, 0.15) is 12.0 Å². The molecule has 3 nitrogen and oxygen atoms in total. The summed E-state index contributed by atoms with van der Waals surface area (Å²) in [5.74, 6) is 0. The molecule has 0 radical (unpaired) electrons. The normalized spacial score (nSPS) is 18.5. The van der Waals surface area contributed by atoms with Crippen molar-refractivity contribution in [2.75, 3.05) is 13.2 Å². The maximum absolute atomic E-state index is 6.18. The van der Waals surface area contributed by atoms with Crippen LogP contribution in [0.25, 0.3) is 10.1 Å². The molecule has 0 aliphatic carbocycles. The van der Waals surface area contributed by atoms with Gasteiger partial charge in [-0.1, -0.05) is 18.2 Å². The quantitative estimate of drug-likeness (QED) is 0.922. The first-order chi connectivity index (χ1) is 8.83. The van der Waals surface area contributed by atoms with Crippen molar-refractivity contribution < 1.29 is 9.47 Å². The third-order valence-electron chi connectivity index (χ3n) is 3.23. The summed E-state index contributed by atoms with van der Waals surface area (Å²) in [6.45, 7) is 1.39. The lowest BCUT2D eigenvalue weighted by Crippen LogP contribution is -2.28. The smallest absolute Gasteiger partial charge is 0.159 e. The number of benzene rings is 1. The highest BCUT2D eigenvalue weighted by atomic mass is 32.1. The first-order valence-electron chi connectivity index (χ1n) is 6.27. The Bertz CT molecular complexity index is 519. The monoisotopic (exact) mass is 263 g/mol. The van der Waals surface area contributed by atoms with E-state index in [1.54, 1.807) is 11.3 Å². The van der Waals surface area contributed by atoms with Gasteiger partial charge in [0.2, 0.25) is 0 Å². The van der Waals surface area contributed by atoms with E-state index in [1.165, 1.54) is 15.6 Å². The molecular weight excluding hydrogens is 246 g/mol. The maximum atomic E-state index is 6.18. The summed E-state index contributed by atoms with van der Waals surface area (Å²) in [4.78, 5) is 0. The van der Waals surface area contributed by atoms with Crippen LogP contribution in [0.2, 0.25) is 0 Å². The van der Waals surface area contributed by atoms with Gasteiger partial charge in [0.05, 0.1) is 13.2 Å². The summed E-state index contributed by atoms with van der Waals surface area (Å²) in [7, 11) is 0. The zero-order chi connectivity index (χ0) is 12.4. The molecule has 0 bridgehead atoms. The fourth-order valence-corrected chi connectivity index (χ4v) is 3.32. The van der Waals surface area contributed by atoms with E-state index in [4.69, 9.17) is 15.2 Å². The topological polar surface area (TPSA) is 44.5 Å². The van der Waals surface area contributed by atoms with Crippen LogP contribution in [0.5, 0.6) is 0 Å². The number of fused-ring (bicyclic) bond motifs is 1. The van der Waals surface area contributed by atoms with Crippen molar-refractivity contribution in [2.45, 2.75) is 25.2 Å². The molecule has 2 N–H and O–H groups in total. The average molecular weight is 263 g/mol. The minimum Gasteiger partial charge on any atom is -0.350 e. The number of hydrogen-bond acceptors (Lipinski definition) is 4. The van der Waals surface area contributed by atoms with Crippen LogP contribution in [-0.4, -0.2) is 25.5 Å². The summed E-state index contributed by atoms with van der Waals surface area (Å²) in [6.07, 6.45) is 1.54. The summed E-state index contributed by atoms with van der Waals surface area (Å²) >= 11 is 1.78. The molecule has 1 unspecified atom stereocenters. The fraction of sp³-hybridized carbons (Fsp3) is 0.429. The molecular formula is C14H17NO2S. The molecule has 1 atom stereocenters. The predicted octanol–water partition coefficient (Wildman–Crippen LogP) is 2.53. The van der Waals surface area contributed by atoms with E-state index in [9.17, 15) is 0 Å². The molecule has 1 saturated heterocycles. The predicted molar refractivity (Wildman–Crippen MR) is 73.8 cm³/mol. The van der Waals surface area contributed by atoms with Crippen LogP contribution in [0, 0.1) is 0 Å². The number of nitrogens with two attached hydrogens (primary N) is 1. The molecule has 0 saturated carbocycles. The van der Waals surface area contributed by atoms with E-state index in [0.29, 0.717) is 13.2 Å². The van der Waals surface area contributed by atoms with Gasteiger partial charge in [-0.05, 0) is 28.8 Å². The van der Waals surface area contributed by atoms with Gasteiger partial charge in [-0.3, -0.25) is 0 Å². The third kappa shape index (κ3) is 2.57. The Labute approximate surface area is 111 Å². The van der Waals surface area contributed by atoms with Crippen molar-refractivity contribution in [2.24, 2.45) is 5.73 Å². The third-order valence-corrected chi connectivity index (χ3v) is 4.24. The highest BCUT2D eigenvalue weighted by Gasteiger charge is 2.20. The molecule has 1 aromatic heterocycles. The lowest BCUT2D eigenvalue weighted by Gasteiger charge is -2.15. The van der Waals surface area contributed by atoms with Crippen molar-refractivity contribution in [3.05, 3.63) is 35.2 Å². The minimum atomic E-state index is -0.107. The molecule has 1 fully saturated rings. The van der Waals surface area contributed by atoms with Gasteiger partial charge in [-0.25, -0.2) is 0 Å². The average Bonchev–Trinajstić information content (AvgIpc) is 3.00. The zero-order valence-electron chi connectivity index (χ0n) is 10.2. The molecule has 1 aliphatic heterocycles. The van der Waals surface area contributed by atoms with E-state index in [-0.39, 0.29) is 12.3 Å². The SMILES string of the molecule is NC(Cc1csc2ccccc12)CC1OCCO1. The molecule has 18 heavy (non-hydrogen) atoms. The Hall–Kier alpha value is -0.940. The van der Waals surface area contributed by atoms with E-state index in [0.717, 1.165) is 12.8 Å². The Morgan fingerprint density at radius 1 is 1.28 bits per heavy atom. The second kappa shape index (κ2) is 5.36. The first kappa shape index (κ1) is 12.1. The molecule has 96 valence electrons. The lowest BCUT2D eigenvalue weighted by atomic mass is 10.0. The van der Waals surface area contributed by atoms with Gasteiger partial charge in [0.15, 0.2) is 6.29 Å². The maximum Gasteiger partial charge on any atom is 0.159 e. The van der Waals surface area contributed by atoms with Crippen molar-refractivity contribution in [3.63, 3.8) is 0 Å². The molecule has 4 heteroatoms. The molecule has 2 heterocycles. The van der Waals surface area contributed by atoms with Crippen LogP contribution in [0.15, 0.2) is 29.6 Å². The second-order valence-corrected chi connectivity index (χ2v) is 5.54. The summed E-state index contributed by atoms with van der Waals surface area (Å²) in [6, 6.07) is 8.55. The van der Waals surface area contributed by atoms with Gasteiger partial charge in [0.25, 0.3) is 0 Å². The van der Waals surface area contributed by atoms with Crippen LogP contribution in [0.3, 0.4) is 0 Å². The highest BCUT2D eigenvalue weighted by Crippen LogP contribution is 2.27. The standard InChI is InChI=1S/C14H17NO2S/c15-11(8-14-16-5-6-17-14)7-10-9-18-13-4-2-1-3-12(10)13/h1-4,9,11,14H,5-8,15H2. The molecule has 2 aromatic rings. The van der Waals surface area contributed by atoms with Crippen molar-refractivity contribution >= 4 is 21.4 Å². The fourth-order valence-electron chi connectivity index (χ4n) is 2.35. The van der Waals surface area contributed by atoms with E-state index >= 15 is 0 Å². The van der Waals surface area contributed by atoms with Crippen LogP contribution in [-0.2, 0) is 15.9 Å². The van der Waals surface area contributed by atoms with E-state index < -0.39 is 0 Å². The number of hydrogen-bond donors (Lipinski definition) is 1. The van der Waals surface area contributed by atoms with Gasteiger partial charge in [0.1, 0.15) is 0 Å². The molecule has 1 aromatic carbocycles. The van der Waals surface area contributed by atoms with Gasteiger partial charge in [0, 0.05) is 17.2 Å². The van der Waals surface area contributed by atoms with Crippen LogP contribution >= 0.6 is 11.3 Å². The van der Waals surface area contributed by atoms with Gasteiger partial charge >= 0.3 is 0 Å². The van der Waals surface area contributed by atoms with Gasteiger partial charge in [-0.15, -0.1) is 11.3 Å². The number of ether oxygens (including phenoxy) is 2. The summed E-state index contributed by atoms with van der Waals surface area (Å²) in [5, 5.41) is 3.53. The van der Waals surface area contributed by atoms with Gasteiger partial charge in [-0.2, -0.15) is 0 Å². The molecule has 1 aliphatic rings. The first-order valence-corrected chi connectivity index (χ1v) is 7.15. The summed E-state index contributed by atoms with van der Waals surface area (Å²) < 4.78 is 12.2. The number of thiophene rings is 1. The number of rotatable bonds is 4. The Morgan fingerprint density at radius 2 is 2.06 bits per heavy atom. The van der Waals surface area contributed by atoms with Crippen molar-refractivity contribution in [3.8, 4) is 0 Å². The largest absolute Gasteiger partial charge is 0.350 e. The molecule has 0 spiro atoms.